The van der Waals surface area contributed by atoms with Crippen LogP contribution in [0.2, 0.25) is 0 Å². The van der Waals surface area contributed by atoms with Crippen molar-refractivity contribution < 1.29 is 28.5 Å². The molecule has 0 heterocycles. The summed E-state index contributed by atoms with van der Waals surface area (Å²) in [5.41, 5.74) is 0.690. The van der Waals surface area contributed by atoms with E-state index in [9.17, 15) is 9.59 Å². The lowest BCUT2D eigenvalue weighted by Crippen LogP contribution is -2.13. The summed E-state index contributed by atoms with van der Waals surface area (Å²) in [5, 5.41) is 3.86. The lowest BCUT2D eigenvalue weighted by Gasteiger charge is -2.15. The molecule has 0 N–H and O–H groups in total. The molecule has 0 aliphatic carbocycles. The van der Waals surface area contributed by atoms with Gasteiger partial charge in [0, 0.05) is 21.9 Å². The average Bonchev–Trinajstić information content (AvgIpc) is 2.78. The number of ether oxygens (including phenoxy) is 4. The number of carbonyl (C=O) groups excluding carboxylic acids is 2. The van der Waals surface area contributed by atoms with Crippen LogP contribution in [0.4, 0.5) is 0 Å². The molecule has 3 aromatic rings. The molecule has 3 aromatic carbocycles. The van der Waals surface area contributed by atoms with E-state index in [1.54, 1.807) is 13.8 Å². The van der Waals surface area contributed by atoms with Crippen molar-refractivity contribution in [2.24, 2.45) is 0 Å². The molecule has 0 spiro atoms. The quantitative estimate of drug-likeness (QED) is 0.194. The summed E-state index contributed by atoms with van der Waals surface area (Å²) in [4.78, 5) is 23.1. The largest absolute Gasteiger partial charge is 0.489 e. The van der Waals surface area contributed by atoms with Crippen LogP contribution in [-0.2, 0) is 19.1 Å². The maximum atomic E-state index is 11.5. The van der Waals surface area contributed by atoms with Crippen molar-refractivity contribution in [2.45, 2.75) is 13.8 Å². The van der Waals surface area contributed by atoms with Crippen molar-refractivity contribution in [3.8, 4) is 11.5 Å². The molecular weight excluding hydrogens is 408 g/mol. The van der Waals surface area contributed by atoms with Crippen LogP contribution in [0, 0.1) is 0 Å². The molecule has 0 radical (unpaired) electrons. The Morgan fingerprint density at radius 3 is 1.47 bits per heavy atom. The lowest BCUT2D eigenvalue weighted by atomic mass is 10.0. The first-order valence-corrected chi connectivity index (χ1v) is 10.2. The third-order valence-corrected chi connectivity index (χ3v) is 4.65. The predicted molar refractivity (Wildman–Crippen MR) is 124 cm³/mol. The van der Waals surface area contributed by atoms with Gasteiger partial charge in [0.2, 0.25) is 0 Å². The fourth-order valence-electron chi connectivity index (χ4n) is 3.05. The first-order chi connectivity index (χ1) is 15.4. The minimum Gasteiger partial charge on any atom is -0.489 e. The topological polar surface area (TPSA) is 71.1 Å². The highest BCUT2D eigenvalue weighted by molar-refractivity contribution is 6.03. The summed E-state index contributed by atoms with van der Waals surface area (Å²) < 4.78 is 22.0. The van der Waals surface area contributed by atoms with Crippen molar-refractivity contribution in [3.05, 3.63) is 72.8 Å². The second kappa shape index (κ2) is 10.5. The Morgan fingerprint density at radius 1 is 0.688 bits per heavy atom. The van der Waals surface area contributed by atoms with Crippen molar-refractivity contribution in [1.82, 2.24) is 0 Å². The second-order valence-electron chi connectivity index (χ2n) is 7.34. The van der Waals surface area contributed by atoms with Gasteiger partial charge in [-0.2, -0.15) is 0 Å². The van der Waals surface area contributed by atoms with Crippen LogP contribution in [0.3, 0.4) is 0 Å². The molecule has 0 aromatic heterocycles. The molecule has 0 bridgehead atoms. The molecule has 0 unspecified atom stereocenters. The molecule has 0 saturated carbocycles. The van der Waals surface area contributed by atoms with E-state index in [-0.39, 0.29) is 26.4 Å². The highest BCUT2D eigenvalue weighted by atomic mass is 16.6. The van der Waals surface area contributed by atoms with Crippen molar-refractivity contribution in [3.63, 3.8) is 0 Å². The van der Waals surface area contributed by atoms with Crippen LogP contribution < -0.4 is 9.47 Å². The van der Waals surface area contributed by atoms with E-state index in [2.05, 4.69) is 13.2 Å². The Balaban J connectivity index is 1.79. The first kappa shape index (κ1) is 22.9. The molecule has 0 aliphatic rings. The molecule has 0 amide bonds. The molecule has 166 valence electrons. The number of carbonyl (C=O) groups is 2. The SMILES string of the molecule is C=C(C)C(=O)OCCOc1ccc(OCCOC(=O)C(=C)C)c2cc3ccccc3cc12. The van der Waals surface area contributed by atoms with Gasteiger partial charge in [0.25, 0.3) is 0 Å². The summed E-state index contributed by atoms with van der Waals surface area (Å²) in [5.74, 6) is 0.414. The normalized spacial score (nSPS) is 10.6. The Bertz CT molecular complexity index is 1090. The minimum absolute atomic E-state index is 0.118. The molecule has 0 aliphatic heterocycles. The smallest absolute Gasteiger partial charge is 0.333 e. The van der Waals surface area contributed by atoms with Crippen molar-refractivity contribution >= 4 is 33.5 Å². The standard InChI is InChI=1S/C26H26O6/c1-17(2)25(27)31-13-11-29-23-9-10-24(30-12-14-32-26(28)18(3)4)22-16-20-8-6-5-7-19(20)15-21(22)23/h5-10,15-16H,1,3,11-14H2,2,4H3. The zero-order valence-corrected chi connectivity index (χ0v) is 18.3. The molecule has 6 heteroatoms. The summed E-state index contributed by atoms with van der Waals surface area (Å²) in [7, 11) is 0. The number of hydrogen-bond acceptors (Lipinski definition) is 6. The summed E-state index contributed by atoms with van der Waals surface area (Å²) in [6.45, 7) is 11.0. The van der Waals surface area contributed by atoms with Crippen LogP contribution in [0.5, 0.6) is 11.5 Å². The lowest BCUT2D eigenvalue weighted by molar-refractivity contribution is -0.140. The van der Waals surface area contributed by atoms with Gasteiger partial charge in [0.15, 0.2) is 0 Å². The van der Waals surface area contributed by atoms with Gasteiger partial charge in [0.1, 0.15) is 37.9 Å². The number of benzene rings is 3. The van der Waals surface area contributed by atoms with Gasteiger partial charge in [0.05, 0.1) is 0 Å². The van der Waals surface area contributed by atoms with Gasteiger partial charge in [-0.05, 0) is 48.9 Å². The second-order valence-corrected chi connectivity index (χ2v) is 7.34. The van der Waals surface area contributed by atoms with Crippen LogP contribution in [-0.4, -0.2) is 38.4 Å². The summed E-state index contributed by atoms with van der Waals surface area (Å²) >= 11 is 0. The van der Waals surface area contributed by atoms with E-state index in [1.165, 1.54) is 0 Å². The van der Waals surface area contributed by atoms with Gasteiger partial charge >= 0.3 is 11.9 Å². The van der Waals surface area contributed by atoms with Crippen LogP contribution >= 0.6 is 0 Å². The molecular formula is C26H26O6. The Hall–Kier alpha value is -3.80. The minimum atomic E-state index is -0.444. The monoisotopic (exact) mass is 434 g/mol. The maximum Gasteiger partial charge on any atom is 0.333 e. The highest BCUT2D eigenvalue weighted by Gasteiger charge is 2.11. The van der Waals surface area contributed by atoms with Gasteiger partial charge < -0.3 is 18.9 Å². The van der Waals surface area contributed by atoms with Crippen LogP contribution in [0.1, 0.15) is 13.8 Å². The van der Waals surface area contributed by atoms with E-state index in [0.29, 0.717) is 22.6 Å². The Morgan fingerprint density at radius 2 is 1.09 bits per heavy atom. The molecule has 32 heavy (non-hydrogen) atoms. The van der Waals surface area contributed by atoms with Crippen LogP contribution in [0.25, 0.3) is 21.5 Å². The summed E-state index contributed by atoms with van der Waals surface area (Å²) in [6, 6.07) is 15.7. The third-order valence-electron chi connectivity index (χ3n) is 4.65. The van der Waals surface area contributed by atoms with E-state index < -0.39 is 11.9 Å². The maximum absolute atomic E-state index is 11.5. The molecule has 0 saturated heterocycles. The molecule has 6 nitrogen and oxygen atoms in total. The van der Waals surface area contributed by atoms with Gasteiger partial charge in [-0.3, -0.25) is 0 Å². The highest BCUT2D eigenvalue weighted by Crippen LogP contribution is 2.36. The average molecular weight is 434 g/mol. The van der Waals surface area contributed by atoms with E-state index in [0.717, 1.165) is 21.5 Å². The number of esters is 2. The number of rotatable bonds is 10. The molecule has 3 rings (SSSR count). The van der Waals surface area contributed by atoms with Crippen molar-refractivity contribution in [1.29, 1.82) is 0 Å². The van der Waals surface area contributed by atoms with Crippen LogP contribution in [0.15, 0.2) is 72.8 Å². The fraction of sp³-hybridized carbons (Fsp3) is 0.231. The Labute approximate surface area is 187 Å². The summed E-state index contributed by atoms with van der Waals surface area (Å²) in [6.07, 6.45) is 0. The van der Waals surface area contributed by atoms with Crippen molar-refractivity contribution in [2.75, 3.05) is 26.4 Å². The van der Waals surface area contributed by atoms with E-state index in [4.69, 9.17) is 18.9 Å². The fourth-order valence-corrected chi connectivity index (χ4v) is 3.05. The predicted octanol–water partition coefficient (Wildman–Crippen LogP) is 4.99. The molecule has 0 atom stereocenters. The number of hydrogen-bond donors (Lipinski definition) is 0. The van der Waals surface area contributed by atoms with Gasteiger partial charge in [-0.1, -0.05) is 37.4 Å². The Kier molecular flexibility index (Phi) is 7.49. The zero-order chi connectivity index (χ0) is 23.1. The van der Waals surface area contributed by atoms with E-state index >= 15 is 0 Å². The van der Waals surface area contributed by atoms with Gasteiger partial charge in [-0.15, -0.1) is 0 Å². The zero-order valence-electron chi connectivity index (χ0n) is 18.3. The van der Waals surface area contributed by atoms with E-state index in [1.807, 2.05) is 48.5 Å². The first-order valence-electron chi connectivity index (χ1n) is 10.2. The third kappa shape index (κ3) is 5.66. The number of fused-ring (bicyclic) bond motifs is 2. The molecule has 0 fully saturated rings. The van der Waals surface area contributed by atoms with Gasteiger partial charge in [-0.25, -0.2) is 9.59 Å².